The molecule has 7 nitrogen and oxygen atoms in total. The molecule has 2 fully saturated rings. The lowest BCUT2D eigenvalue weighted by atomic mass is 9.85. The lowest BCUT2D eigenvalue weighted by Gasteiger charge is -2.29. The number of amidine groups is 1. The van der Waals surface area contributed by atoms with Crippen LogP contribution in [0.15, 0.2) is 58.2 Å². The molecular formula is C23H26N4O3. The largest absolute Gasteiger partial charge is 0.381 e. The number of carbonyl (C=O) groups is 1. The summed E-state index contributed by atoms with van der Waals surface area (Å²) in [5.41, 5.74) is 3.93. The maximum atomic E-state index is 12.6. The second-order valence-electron chi connectivity index (χ2n) is 7.93. The molecule has 0 radical (unpaired) electrons. The van der Waals surface area contributed by atoms with Gasteiger partial charge in [-0.25, -0.2) is 9.98 Å². The lowest BCUT2D eigenvalue weighted by Crippen LogP contribution is -2.39. The van der Waals surface area contributed by atoms with Crippen molar-refractivity contribution < 1.29 is 14.3 Å². The summed E-state index contributed by atoms with van der Waals surface area (Å²) in [6, 6.07) is 8.15. The van der Waals surface area contributed by atoms with Crippen molar-refractivity contribution in [3.05, 3.63) is 48.2 Å². The number of hydrogen-bond donors (Lipinski definition) is 1. The van der Waals surface area contributed by atoms with E-state index in [-0.39, 0.29) is 5.91 Å². The van der Waals surface area contributed by atoms with E-state index in [9.17, 15) is 4.79 Å². The Morgan fingerprint density at radius 1 is 1.03 bits per heavy atom. The Morgan fingerprint density at radius 2 is 1.77 bits per heavy atom. The summed E-state index contributed by atoms with van der Waals surface area (Å²) in [5.74, 6) is 0.370. The number of benzene rings is 1. The minimum Gasteiger partial charge on any atom is -0.381 e. The second kappa shape index (κ2) is 8.53. The fourth-order valence-electron chi connectivity index (χ4n) is 4.33. The number of morpholine rings is 1. The minimum absolute atomic E-state index is 0.0813. The predicted octanol–water partition coefficient (Wildman–Crippen LogP) is 2.62. The second-order valence-corrected chi connectivity index (χ2v) is 7.93. The molecule has 0 aromatic heterocycles. The number of nitrogens with zero attached hydrogens (tertiary/aromatic N) is 3. The Labute approximate surface area is 176 Å². The highest BCUT2D eigenvalue weighted by molar-refractivity contribution is 6.18. The molecule has 0 spiro atoms. The quantitative estimate of drug-likeness (QED) is 0.837. The highest BCUT2D eigenvalue weighted by atomic mass is 16.5. The number of aliphatic imine (C=N–C) groups is 2. The molecule has 0 aliphatic carbocycles. The van der Waals surface area contributed by atoms with Gasteiger partial charge in [0.1, 0.15) is 11.8 Å². The molecular weight excluding hydrogens is 380 g/mol. The number of hydrogen-bond acceptors (Lipinski definition) is 5. The summed E-state index contributed by atoms with van der Waals surface area (Å²) >= 11 is 0. The molecule has 1 aromatic carbocycles. The zero-order valence-electron chi connectivity index (χ0n) is 16.9. The zero-order valence-corrected chi connectivity index (χ0v) is 16.9. The Bertz CT molecular complexity index is 920. The van der Waals surface area contributed by atoms with Crippen molar-refractivity contribution in [2.75, 3.05) is 44.4 Å². The highest BCUT2D eigenvalue weighted by Crippen LogP contribution is 2.30. The number of fused-ring (bicyclic) bond motifs is 1. The van der Waals surface area contributed by atoms with Gasteiger partial charge in [0.05, 0.1) is 18.9 Å². The predicted molar refractivity (Wildman–Crippen MR) is 116 cm³/mol. The van der Waals surface area contributed by atoms with Crippen molar-refractivity contribution in [3.8, 4) is 0 Å². The van der Waals surface area contributed by atoms with Crippen LogP contribution in [-0.2, 0) is 14.3 Å². The van der Waals surface area contributed by atoms with Gasteiger partial charge in [-0.15, -0.1) is 0 Å². The lowest BCUT2D eigenvalue weighted by molar-refractivity contribution is -0.121. The van der Waals surface area contributed by atoms with Gasteiger partial charge in [0.2, 0.25) is 5.91 Å². The monoisotopic (exact) mass is 406 g/mol. The maximum Gasteiger partial charge on any atom is 0.239 e. The molecule has 4 heterocycles. The summed E-state index contributed by atoms with van der Waals surface area (Å²) in [5, 5.41) is 2.79. The third kappa shape index (κ3) is 3.95. The van der Waals surface area contributed by atoms with Crippen LogP contribution in [0.2, 0.25) is 0 Å². The van der Waals surface area contributed by atoms with Crippen LogP contribution in [-0.4, -0.2) is 57.0 Å². The standard InChI is InChI=1S/C23H26N4O3/c28-23-21-17(5-8-24-23)15-20(16-6-11-29-12-7-16)26-22(21)25-18-1-3-19(4-2-18)27-9-13-30-14-10-27/h1-5,8,15-16,21H,6-7,9-14H2,(H,24,28). The number of dihydropyridines is 1. The van der Waals surface area contributed by atoms with Crippen molar-refractivity contribution in [2.45, 2.75) is 12.8 Å². The molecule has 5 rings (SSSR count). The topological polar surface area (TPSA) is 75.5 Å². The van der Waals surface area contributed by atoms with Crippen molar-refractivity contribution in [3.63, 3.8) is 0 Å². The average molecular weight is 406 g/mol. The molecule has 1 amide bonds. The van der Waals surface area contributed by atoms with Gasteiger partial charge in [-0.2, -0.15) is 0 Å². The van der Waals surface area contributed by atoms with Crippen LogP contribution in [0.5, 0.6) is 0 Å². The molecule has 0 bridgehead atoms. The fourth-order valence-corrected chi connectivity index (χ4v) is 4.33. The van der Waals surface area contributed by atoms with E-state index in [1.807, 2.05) is 18.2 Å². The van der Waals surface area contributed by atoms with E-state index in [1.54, 1.807) is 6.20 Å². The Kier molecular flexibility index (Phi) is 5.46. The van der Waals surface area contributed by atoms with Crippen molar-refractivity contribution in [2.24, 2.45) is 21.8 Å². The van der Waals surface area contributed by atoms with E-state index in [0.717, 1.165) is 75.0 Å². The van der Waals surface area contributed by atoms with E-state index >= 15 is 0 Å². The number of anilines is 1. The molecule has 4 aliphatic rings. The number of carbonyl (C=O) groups excluding carboxylic acids is 1. The fraction of sp³-hybridized carbons (Fsp3) is 0.435. The number of allylic oxidation sites excluding steroid dienone is 2. The van der Waals surface area contributed by atoms with E-state index in [4.69, 9.17) is 19.5 Å². The van der Waals surface area contributed by atoms with Crippen molar-refractivity contribution in [1.29, 1.82) is 0 Å². The molecule has 0 saturated carbocycles. The van der Waals surface area contributed by atoms with E-state index in [1.165, 1.54) is 0 Å². The molecule has 4 aliphatic heterocycles. The van der Waals surface area contributed by atoms with Crippen molar-refractivity contribution in [1.82, 2.24) is 5.32 Å². The SMILES string of the molecule is O=C1NC=CC2=CC(C3CCOCC3)=NC(=Nc3ccc(N4CCOCC4)cc3)C12. The minimum atomic E-state index is -0.461. The first-order valence-corrected chi connectivity index (χ1v) is 10.6. The summed E-state index contributed by atoms with van der Waals surface area (Å²) in [7, 11) is 0. The van der Waals surface area contributed by atoms with Crippen LogP contribution in [0.3, 0.4) is 0 Å². The van der Waals surface area contributed by atoms with Gasteiger partial charge in [-0.05, 0) is 54.8 Å². The molecule has 1 unspecified atom stereocenters. The van der Waals surface area contributed by atoms with Crippen LogP contribution in [0.4, 0.5) is 11.4 Å². The Balaban J connectivity index is 1.44. The molecule has 2 saturated heterocycles. The molecule has 1 aromatic rings. The van der Waals surface area contributed by atoms with E-state index in [0.29, 0.717) is 11.8 Å². The average Bonchev–Trinajstić information content (AvgIpc) is 2.81. The first-order chi connectivity index (χ1) is 14.8. The smallest absolute Gasteiger partial charge is 0.239 e. The molecule has 1 N–H and O–H groups in total. The number of rotatable bonds is 3. The molecule has 7 heteroatoms. The van der Waals surface area contributed by atoms with Crippen LogP contribution < -0.4 is 10.2 Å². The molecule has 156 valence electrons. The number of nitrogens with one attached hydrogen (secondary N) is 1. The van der Waals surface area contributed by atoms with Gasteiger partial charge in [-0.1, -0.05) is 0 Å². The first-order valence-electron chi connectivity index (χ1n) is 10.6. The normalized spacial score (nSPS) is 26.1. The van der Waals surface area contributed by atoms with Gasteiger partial charge in [0.25, 0.3) is 0 Å². The van der Waals surface area contributed by atoms with Gasteiger partial charge in [0, 0.05) is 49.8 Å². The van der Waals surface area contributed by atoms with Gasteiger partial charge >= 0.3 is 0 Å². The van der Waals surface area contributed by atoms with Gasteiger partial charge < -0.3 is 19.7 Å². The number of ether oxygens (including phenoxy) is 2. The maximum absolute atomic E-state index is 12.6. The number of amides is 1. The van der Waals surface area contributed by atoms with Crippen LogP contribution in [0, 0.1) is 11.8 Å². The summed E-state index contributed by atoms with van der Waals surface area (Å²) in [6.45, 7) is 4.81. The Hall–Kier alpha value is -2.77. The first kappa shape index (κ1) is 19.2. The summed E-state index contributed by atoms with van der Waals surface area (Å²) < 4.78 is 10.9. The zero-order chi connectivity index (χ0) is 20.3. The molecule has 30 heavy (non-hydrogen) atoms. The molecule has 1 atom stereocenters. The third-order valence-electron chi connectivity index (χ3n) is 6.02. The van der Waals surface area contributed by atoms with Crippen LogP contribution >= 0.6 is 0 Å². The van der Waals surface area contributed by atoms with Gasteiger partial charge in [-0.3, -0.25) is 4.79 Å². The van der Waals surface area contributed by atoms with E-state index in [2.05, 4.69) is 28.4 Å². The van der Waals surface area contributed by atoms with Crippen LogP contribution in [0.1, 0.15) is 12.8 Å². The van der Waals surface area contributed by atoms with Gasteiger partial charge in [0.15, 0.2) is 0 Å². The van der Waals surface area contributed by atoms with E-state index < -0.39 is 5.92 Å². The highest BCUT2D eigenvalue weighted by Gasteiger charge is 2.34. The summed E-state index contributed by atoms with van der Waals surface area (Å²) in [6.07, 6.45) is 7.62. The van der Waals surface area contributed by atoms with Crippen LogP contribution in [0.25, 0.3) is 0 Å². The summed E-state index contributed by atoms with van der Waals surface area (Å²) in [4.78, 5) is 24.6. The Morgan fingerprint density at radius 3 is 2.53 bits per heavy atom. The van der Waals surface area contributed by atoms with Crippen molar-refractivity contribution >= 4 is 28.8 Å². The third-order valence-corrected chi connectivity index (χ3v) is 6.02.